The SMILES string of the molecule is COc1ccc(Nc2cncc(N)n2)cc1F. The molecule has 1 aromatic carbocycles. The van der Waals surface area contributed by atoms with Crippen LogP contribution in [0.1, 0.15) is 0 Å². The number of rotatable bonds is 3. The van der Waals surface area contributed by atoms with Crippen molar-refractivity contribution in [1.82, 2.24) is 9.97 Å². The summed E-state index contributed by atoms with van der Waals surface area (Å²) < 4.78 is 18.2. The number of hydrogen-bond donors (Lipinski definition) is 2. The molecule has 17 heavy (non-hydrogen) atoms. The van der Waals surface area contributed by atoms with Crippen LogP contribution in [0.4, 0.5) is 21.7 Å². The number of hydrogen-bond acceptors (Lipinski definition) is 5. The number of ether oxygens (including phenoxy) is 1. The van der Waals surface area contributed by atoms with Crippen LogP contribution in [-0.2, 0) is 0 Å². The summed E-state index contributed by atoms with van der Waals surface area (Å²) in [5.41, 5.74) is 6.02. The summed E-state index contributed by atoms with van der Waals surface area (Å²) in [5, 5.41) is 2.89. The zero-order valence-corrected chi connectivity index (χ0v) is 9.14. The van der Waals surface area contributed by atoms with Gasteiger partial charge >= 0.3 is 0 Å². The molecule has 6 heteroatoms. The molecule has 0 saturated heterocycles. The highest BCUT2D eigenvalue weighted by Gasteiger charge is 2.04. The molecular formula is C11H11FN4O. The fourth-order valence-corrected chi connectivity index (χ4v) is 1.33. The maximum absolute atomic E-state index is 13.4. The first kappa shape index (κ1) is 11.1. The van der Waals surface area contributed by atoms with E-state index in [0.717, 1.165) is 0 Å². The number of benzene rings is 1. The second-order valence-electron chi connectivity index (χ2n) is 3.30. The van der Waals surface area contributed by atoms with E-state index in [1.807, 2.05) is 0 Å². The summed E-state index contributed by atoms with van der Waals surface area (Å²) in [5.74, 6) is 0.488. The quantitative estimate of drug-likeness (QED) is 0.849. The number of methoxy groups -OCH3 is 1. The van der Waals surface area contributed by atoms with Crippen LogP contribution < -0.4 is 15.8 Å². The van der Waals surface area contributed by atoms with Crippen molar-refractivity contribution in [2.45, 2.75) is 0 Å². The van der Waals surface area contributed by atoms with Gasteiger partial charge in [-0.05, 0) is 12.1 Å². The van der Waals surface area contributed by atoms with Gasteiger partial charge in [-0.1, -0.05) is 0 Å². The number of nitrogens with one attached hydrogen (secondary N) is 1. The molecule has 0 amide bonds. The summed E-state index contributed by atoms with van der Waals surface area (Å²) in [6.07, 6.45) is 2.93. The van der Waals surface area contributed by atoms with Gasteiger partial charge in [-0.25, -0.2) is 9.37 Å². The van der Waals surface area contributed by atoms with Crippen LogP contribution in [0.25, 0.3) is 0 Å². The third kappa shape index (κ3) is 2.60. The van der Waals surface area contributed by atoms with Crippen molar-refractivity contribution in [2.24, 2.45) is 0 Å². The standard InChI is InChI=1S/C11H11FN4O/c1-17-9-3-2-7(4-8(9)12)15-11-6-14-5-10(13)16-11/h2-6H,1H3,(H3,13,15,16). The molecule has 2 aromatic rings. The number of halogens is 1. The Morgan fingerprint density at radius 1 is 1.35 bits per heavy atom. The smallest absolute Gasteiger partial charge is 0.167 e. The van der Waals surface area contributed by atoms with E-state index in [4.69, 9.17) is 10.5 Å². The van der Waals surface area contributed by atoms with E-state index in [0.29, 0.717) is 17.3 Å². The van der Waals surface area contributed by atoms with Crippen LogP contribution in [0.5, 0.6) is 5.75 Å². The van der Waals surface area contributed by atoms with Crippen LogP contribution >= 0.6 is 0 Å². The maximum Gasteiger partial charge on any atom is 0.167 e. The number of aromatic nitrogens is 2. The molecule has 0 atom stereocenters. The lowest BCUT2D eigenvalue weighted by Crippen LogP contribution is -1.98. The van der Waals surface area contributed by atoms with E-state index in [1.165, 1.54) is 31.6 Å². The van der Waals surface area contributed by atoms with Gasteiger partial charge in [-0.15, -0.1) is 0 Å². The van der Waals surface area contributed by atoms with Crippen LogP contribution in [0.15, 0.2) is 30.6 Å². The van der Waals surface area contributed by atoms with E-state index in [9.17, 15) is 4.39 Å². The van der Waals surface area contributed by atoms with Crippen molar-refractivity contribution in [2.75, 3.05) is 18.2 Å². The summed E-state index contributed by atoms with van der Waals surface area (Å²) in [6, 6.07) is 4.51. The van der Waals surface area contributed by atoms with Gasteiger partial charge in [-0.2, -0.15) is 0 Å². The van der Waals surface area contributed by atoms with Gasteiger partial charge in [0.05, 0.1) is 19.5 Å². The lowest BCUT2D eigenvalue weighted by Gasteiger charge is -2.07. The van der Waals surface area contributed by atoms with Crippen molar-refractivity contribution < 1.29 is 9.13 Å². The molecule has 0 fully saturated rings. The zero-order chi connectivity index (χ0) is 12.3. The summed E-state index contributed by atoms with van der Waals surface area (Å²) in [7, 11) is 1.41. The summed E-state index contributed by atoms with van der Waals surface area (Å²) in [6.45, 7) is 0. The lowest BCUT2D eigenvalue weighted by atomic mass is 10.3. The van der Waals surface area contributed by atoms with E-state index < -0.39 is 5.82 Å². The van der Waals surface area contributed by atoms with Crippen molar-refractivity contribution >= 4 is 17.3 Å². The Hall–Kier alpha value is -2.37. The largest absolute Gasteiger partial charge is 0.494 e. The number of anilines is 3. The summed E-state index contributed by atoms with van der Waals surface area (Å²) in [4.78, 5) is 7.86. The Bertz CT molecular complexity index is 533. The average molecular weight is 234 g/mol. The number of nitrogen functional groups attached to an aromatic ring is 1. The third-order valence-corrected chi connectivity index (χ3v) is 2.08. The highest BCUT2D eigenvalue weighted by Crippen LogP contribution is 2.22. The van der Waals surface area contributed by atoms with Crippen LogP contribution in [0.3, 0.4) is 0 Å². The monoisotopic (exact) mass is 234 g/mol. The molecule has 1 heterocycles. The van der Waals surface area contributed by atoms with Gasteiger partial charge in [0.15, 0.2) is 17.4 Å². The minimum atomic E-state index is -0.450. The molecule has 2 rings (SSSR count). The highest BCUT2D eigenvalue weighted by molar-refractivity contribution is 5.57. The second kappa shape index (κ2) is 4.65. The predicted octanol–water partition coefficient (Wildman–Crippen LogP) is 1.95. The fourth-order valence-electron chi connectivity index (χ4n) is 1.33. The first-order chi connectivity index (χ1) is 8.19. The van der Waals surface area contributed by atoms with E-state index in [1.54, 1.807) is 6.07 Å². The van der Waals surface area contributed by atoms with Gasteiger partial charge in [-0.3, -0.25) is 4.98 Å². The van der Waals surface area contributed by atoms with Gasteiger partial charge in [0.25, 0.3) is 0 Å². The topological polar surface area (TPSA) is 73.1 Å². The summed E-state index contributed by atoms with van der Waals surface area (Å²) >= 11 is 0. The Morgan fingerprint density at radius 2 is 2.18 bits per heavy atom. The molecule has 3 N–H and O–H groups in total. The molecule has 0 bridgehead atoms. The van der Waals surface area contributed by atoms with Crippen LogP contribution in [0, 0.1) is 5.82 Å². The molecule has 0 unspecified atom stereocenters. The minimum absolute atomic E-state index is 0.189. The Balaban J connectivity index is 2.22. The van der Waals surface area contributed by atoms with Crippen molar-refractivity contribution in [1.29, 1.82) is 0 Å². The highest BCUT2D eigenvalue weighted by atomic mass is 19.1. The van der Waals surface area contributed by atoms with Gasteiger partial charge < -0.3 is 15.8 Å². The molecule has 0 aliphatic heterocycles. The first-order valence-electron chi connectivity index (χ1n) is 4.87. The molecule has 0 saturated carbocycles. The zero-order valence-electron chi connectivity index (χ0n) is 9.14. The van der Waals surface area contributed by atoms with Crippen molar-refractivity contribution in [3.05, 3.63) is 36.4 Å². The molecule has 0 aliphatic carbocycles. The van der Waals surface area contributed by atoms with Gasteiger partial charge in [0.1, 0.15) is 5.82 Å². The first-order valence-corrected chi connectivity index (χ1v) is 4.87. The second-order valence-corrected chi connectivity index (χ2v) is 3.30. The van der Waals surface area contributed by atoms with Gasteiger partial charge in [0, 0.05) is 11.8 Å². The Morgan fingerprint density at radius 3 is 2.82 bits per heavy atom. The van der Waals surface area contributed by atoms with Crippen molar-refractivity contribution in [3.8, 4) is 5.75 Å². The normalized spacial score (nSPS) is 10.0. The van der Waals surface area contributed by atoms with Crippen LogP contribution in [0.2, 0.25) is 0 Å². The van der Waals surface area contributed by atoms with Gasteiger partial charge in [0.2, 0.25) is 0 Å². The van der Waals surface area contributed by atoms with E-state index in [2.05, 4.69) is 15.3 Å². The maximum atomic E-state index is 13.4. The molecule has 0 spiro atoms. The van der Waals surface area contributed by atoms with E-state index in [-0.39, 0.29) is 5.75 Å². The molecule has 5 nitrogen and oxygen atoms in total. The molecule has 1 aromatic heterocycles. The molecule has 0 radical (unpaired) electrons. The molecule has 88 valence electrons. The Kier molecular flexibility index (Phi) is 3.04. The Labute approximate surface area is 97.5 Å². The average Bonchev–Trinajstić information content (AvgIpc) is 2.29. The van der Waals surface area contributed by atoms with Crippen LogP contribution in [-0.4, -0.2) is 17.1 Å². The lowest BCUT2D eigenvalue weighted by molar-refractivity contribution is 0.386. The predicted molar refractivity (Wildman–Crippen MR) is 62.7 cm³/mol. The van der Waals surface area contributed by atoms with Crippen molar-refractivity contribution in [3.63, 3.8) is 0 Å². The molecule has 0 aliphatic rings. The minimum Gasteiger partial charge on any atom is -0.494 e. The number of nitrogens with two attached hydrogens (primary N) is 1. The number of nitrogens with zero attached hydrogens (tertiary/aromatic N) is 2. The third-order valence-electron chi connectivity index (χ3n) is 2.08. The fraction of sp³-hybridized carbons (Fsp3) is 0.0909. The molecular weight excluding hydrogens is 223 g/mol. The van der Waals surface area contributed by atoms with E-state index >= 15 is 0 Å².